The molecular formula is C33H38FN3O5. The van der Waals surface area contributed by atoms with Gasteiger partial charge in [0.25, 0.3) is 5.91 Å². The number of nitrogens with zero attached hydrogens (tertiary/aromatic N) is 3. The van der Waals surface area contributed by atoms with Gasteiger partial charge in [0.05, 0.1) is 25.8 Å². The van der Waals surface area contributed by atoms with E-state index in [0.717, 1.165) is 62.5 Å². The third-order valence-electron chi connectivity index (χ3n) is 7.79. The molecule has 1 fully saturated rings. The van der Waals surface area contributed by atoms with Crippen LogP contribution in [0.3, 0.4) is 0 Å². The summed E-state index contributed by atoms with van der Waals surface area (Å²) in [5, 5.41) is 0. The average Bonchev–Trinajstić information content (AvgIpc) is 3.02. The molecule has 3 aromatic rings. The van der Waals surface area contributed by atoms with Crippen molar-refractivity contribution in [3.8, 4) is 11.5 Å². The molecule has 0 saturated carbocycles. The van der Waals surface area contributed by atoms with Crippen LogP contribution in [-0.4, -0.2) is 75.9 Å². The zero-order valence-electron chi connectivity index (χ0n) is 24.0. The number of hydrogen-bond acceptors (Lipinski definition) is 7. The molecule has 0 radical (unpaired) electrons. The second-order valence-electron chi connectivity index (χ2n) is 10.6. The van der Waals surface area contributed by atoms with Crippen molar-refractivity contribution in [1.29, 1.82) is 0 Å². The number of unbranched alkanes of at least 4 members (excludes halogenated alkanes) is 1. The Bertz CT molecular complexity index is 1330. The lowest BCUT2D eigenvalue weighted by molar-refractivity contribution is -0.139. The van der Waals surface area contributed by atoms with Crippen LogP contribution in [0.25, 0.3) is 0 Å². The second kappa shape index (κ2) is 14.2. The quantitative estimate of drug-likeness (QED) is 0.229. The van der Waals surface area contributed by atoms with E-state index in [2.05, 4.69) is 9.80 Å². The minimum absolute atomic E-state index is 0.0429. The van der Waals surface area contributed by atoms with Gasteiger partial charge in [-0.3, -0.25) is 14.5 Å². The number of carbonyl (C=O) groups excluding carboxylic acids is 2. The number of anilines is 2. The van der Waals surface area contributed by atoms with E-state index in [0.29, 0.717) is 31.1 Å². The predicted molar refractivity (Wildman–Crippen MR) is 160 cm³/mol. The molecule has 0 bridgehead atoms. The third kappa shape index (κ3) is 7.59. The van der Waals surface area contributed by atoms with Gasteiger partial charge >= 0.3 is 5.97 Å². The number of para-hydroxylation sites is 2. The van der Waals surface area contributed by atoms with Crippen molar-refractivity contribution in [2.75, 3.05) is 62.8 Å². The number of fused-ring (bicyclic) bond motifs is 1. The van der Waals surface area contributed by atoms with Crippen LogP contribution in [0.4, 0.5) is 15.8 Å². The molecule has 5 rings (SSSR count). The molecule has 42 heavy (non-hydrogen) atoms. The fourth-order valence-electron chi connectivity index (χ4n) is 5.40. The van der Waals surface area contributed by atoms with Crippen molar-refractivity contribution in [3.05, 3.63) is 84.2 Å². The number of benzene rings is 3. The number of hydrogen-bond donors (Lipinski definition) is 0. The maximum Gasteiger partial charge on any atom is 0.309 e. The topological polar surface area (TPSA) is 71.6 Å². The lowest BCUT2D eigenvalue weighted by Crippen LogP contribution is -2.47. The number of halogens is 1. The van der Waals surface area contributed by atoms with E-state index in [1.54, 1.807) is 0 Å². The van der Waals surface area contributed by atoms with Gasteiger partial charge < -0.3 is 24.0 Å². The van der Waals surface area contributed by atoms with Crippen LogP contribution >= 0.6 is 0 Å². The lowest BCUT2D eigenvalue weighted by atomic mass is 10.1. The summed E-state index contributed by atoms with van der Waals surface area (Å²) in [6, 6.07) is 21.7. The largest absolute Gasteiger partial charge is 0.493 e. The summed E-state index contributed by atoms with van der Waals surface area (Å²) in [5.74, 6) is 0.842. The monoisotopic (exact) mass is 575 g/mol. The summed E-state index contributed by atoms with van der Waals surface area (Å²) in [6.45, 7) is 5.71. The number of methoxy groups -OCH3 is 1. The highest BCUT2D eigenvalue weighted by Gasteiger charge is 2.34. The van der Waals surface area contributed by atoms with Gasteiger partial charge in [-0.05, 0) is 73.5 Å². The zero-order chi connectivity index (χ0) is 29.3. The molecule has 9 heteroatoms. The summed E-state index contributed by atoms with van der Waals surface area (Å²) in [5.41, 5.74) is 2.72. The molecule has 1 unspecified atom stereocenters. The van der Waals surface area contributed by atoms with Gasteiger partial charge in [-0.1, -0.05) is 24.3 Å². The Kier molecular flexibility index (Phi) is 9.92. The van der Waals surface area contributed by atoms with Crippen LogP contribution < -0.4 is 19.3 Å². The first-order chi connectivity index (χ1) is 20.5. The first-order valence-corrected chi connectivity index (χ1v) is 14.6. The minimum Gasteiger partial charge on any atom is -0.493 e. The van der Waals surface area contributed by atoms with Crippen molar-refractivity contribution >= 4 is 23.3 Å². The van der Waals surface area contributed by atoms with Crippen molar-refractivity contribution in [2.45, 2.75) is 31.8 Å². The molecule has 222 valence electrons. The van der Waals surface area contributed by atoms with Gasteiger partial charge in [0, 0.05) is 44.8 Å². The molecule has 0 spiro atoms. The molecular weight excluding hydrogens is 537 g/mol. The summed E-state index contributed by atoms with van der Waals surface area (Å²) in [4.78, 5) is 31.5. The molecule has 2 aliphatic rings. The number of esters is 1. The van der Waals surface area contributed by atoms with Gasteiger partial charge in [0.15, 0.2) is 6.10 Å². The lowest BCUT2D eigenvalue weighted by Gasteiger charge is -2.36. The maximum atomic E-state index is 13.5. The molecule has 0 aromatic heterocycles. The first-order valence-electron chi connectivity index (χ1n) is 14.6. The number of carbonyl (C=O) groups is 2. The van der Waals surface area contributed by atoms with Crippen LogP contribution in [0, 0.1) is 5.82 Å². The summed E-state index contributed by atoms with van der Waals surface area (Å²) in [7, 11) is 1.37. The predicted octanol–water partition coefficient (Wildman–Crippen LogP) is 4.71. The van der Waals surface area contributed by atoms with E-state index < -0.39 is 6.10 Å². The highest BCUT2D eigenvalue weighted by atomic mass is 19.1. The zero-order valence-corrected chi connectivity index (χ0v) is 24.0. The van der Waals surface area contributed by atoms with Gasteiger partial charge in [-0.15, -0.1) is 0 Å². The summed E-state index contributed by atoms with van der Waals surface area (Å²) >= 11 is 0. The van der Waals surface area contributed by atoms with E-state index >= 15 is 0 Å². The van der Waals surface area contributed by atoms with Crippen LogP contribution in [0.2, 0.25) is 0 Å². The Hall–Kier alpha value is -4.11. The number of ether oxygens (including phenoxy) is 3. The van der Waals surface area contributed by atoms with E-state index in [4.69, 9.17) is 14.2 Å². The fraction of sp³-hybridized carbons (Fsp3) is 0.394. The van der Waals surface area contributed by atoms with Crippen LogP contribution in [-0.2, 0) is 20.7 Å². The highest BCUT2D eigenvalue weighted by Crippen LogP contribution is 2.34. The standard InChI is InChI=1S/C33H38FN3O5/c1-40-32(38)24-25-8-14-28(15-9-25)41-23-16-31-33(39)37(29-6-2-3-7-30(29)42-31)18-5-4-17-35-19-21-36(22-20-35)27-12-10-26(34)11-13-27/h2-3,6-15,31H,4-5,16-24H2,1H3. The average molecular weight is 576 g/mol. The molecule has 8 nitrogen and oxygen atoms in total. The SMILES string of the molecule is COC(=O)Cc1ccc(OCCC2Oc3ccccc3N(CCCCN3CCN(c4ccc(F)cc4)CC3)C2=O)cc1. The Labute approximate surface area is 246 Å². The van der Waals surface area contributed by atoms with E-state index in [1.165, 1.54) is 19.2 Å². The Morgan fingerprint density at radius 3 is 2.38 bits per heavy atom. The van der Waals surface area contributed by atoms with Crippen LogP contribution in [0.5, 0.6) is 11.5 Å². The third-order valence-corrected chi connectivity index (χ3v) is 7.79. The van der Waals surface area contributed by atoms with E-state index in [-0.39, 0.29) is 24.1 Å². The van der Waals surface area contributed by atoms with Gasteiger partial charge in [-0.2, -0.15) is 0 Å². The van der Waals surface area contributed by atoms with Crippen molar-refractivity contribution in [3.63, 3.8) is 0 Å². The molecule has 0 aliphatic carbocycles. The molecule has 1 saturated heterocycles. The Morgan fingerprint density at radius 2 is 1.64 bits per heavy atom. The van der Waals surface area contributed by atoms with Crippen molar-refractivity contribution in [2.24, 2.45) is 0 Å². The Balaban J connectivity index is 1.08. The molecule has 3 aromatic carbocycles. The fourth-order valence-corrected chi connectivity index (χ4v) is 5.40. The molecule has 2 heterocycles. The number of piperazine rings is 1. The van der Waals surface area contributed by atoms with E-state index in [1.807, 2.05) is 65.6 Å². The normalized spacial score (nSPS) is 17.0. The van der Waals surface area contributed by atoms with Crippen molar-refractivity contribution < 1.29 is 28.2 Å². The van der Waals surface area contributed by atoms with Gasteiger partial charge in [-0.25, -0.2) is 4.39 Å². The van der Waals surface area contributed by atoms with Crippen molar-refractivity contribution in [1.82, 2.24) is 4.90 Å². The molecule has 0 N–H and O–H groups in total. The molecule has 1 amide bonds. The highest BCUT2D eigenvalue weighted by molar-refractivity contribution is 6.00. The smallest absolute Gasteiger partial charge is 0.309 e. The second-order valence-corrected chi connectivity index (χ2v) is 10.6. The van der Waals surface area contributed by atoms with E-state index in [9.17, 15) is 14.0 Å². The first kappa shape index (κ1) is 29.4. The Morgan fingerprint density at radius 1 is 0.929 bits per heavy atom. The summed E-state index contributed by atoms with van der Waals surface area (Å²) < 4.78 is 29.9. The van der Waals surface area contributed by atoms with Crippen LogP contribution in [0.1, 0.15) is 24.8 Å². The number of rotatable bonds is 12. The molecule has 2 aliphatic heterocycles. The molecule has 1 atom stereocenters. The minimum atomic E-state index is -0.613. The van der Waals surface area contributed by atoms with Gasteiger partial charge in [0.2, 0.25) is 0 Å². The summed E-state index contributed by atoms with van der Waals surface area (Å²) in [6.07, 6.45) is 1.90. The maximum absolute atomic E-state index is 13.5. The van der Waals surface area contributed by atoms with Gasteiger partial charge in [0.1, 0.15) is 17.3 Å². The number of amides is 1. The van der Waals surface area contributed by atoms with Crippen LogP contribution in [0.15, 0.2) is 72.8 Å².